The quantitative estimate of drug-likeness (QED) is 0.776. The normalized spacial score (nSPS) is 20.7. The highest BCUT2D eigenvalue weighted by Crippen LogP contribution is 2.24. The van der Waals surface area contributed by atoms with Gasteiger partial charge in [0.2, 0.25) is 0 Å². The van der Waals surface area contributed by atoms with Crippen molar-refractivity contribution in [3.05, 3.63) is 35.4 Å². The van der Waals surface area contributed by atoms with E-state index >= 15 is 0 Å². The van der Waals surface area contributed by atoms with E-state index in [1.807, 2.05) is 0 Å². The Balaban J connectivity index is 2.28. The maximum atomic E-state index is 13.3. The molecule has 0 bridgehead atoms. The van der Waals surface area contributed by atoms with Gasteiger partial charge in [-0.2, -0.15) is 0 Å². The van der Waals surface area contributed by atoms with Crippen LogP contribution in [0.3, 0.4) is 0 Å². The molecule has 1 aromatic rings. The van der Waals surface area contributed by atoms with Gasteiger partial charge in [-0.3, -0.25) is 0 Å². The highest BCUT2D eigenvalue weighted by Gasteiger charge is 2.24. The van der Waals surface area contributed by atoms with E-state index in [4.69, 9.17) is 0 Å². The van der Waals surface area contributed by atoms with Crippen molar-refractivity contribution in [2.45, 2.75) is 12.5 Å². The smallest absolute Gasteiger partial charge is 0.407 e. The second-order valence-corrected chi connectivity index (χ2v) is 3.26. The first-order valence-electron chi connectivity index (χ1n) is 4.55. The largest absolute Gasteiger partial charge is 0.449 e. The second-order valence-electron chi connectivity index (χ2n) is 3.26. The summed E-state index contributed by atoms with van der Waals surface area (Å²) in [5, 5.41) is 2.43. The lowest BCUT2D eigenvalue weighted by Gasteiger charge is -2.23. The third kappa shape index (κ3) is 1.91. The van der Waals surface area contributed by atoms with Crippen LogP contribution in [-0.4, -0.2) is 12.7 Å². The molecular weight excluding hydrogens is 204 g/mol. The van der Waals surface area contributed by atoms with Crippen molar-refractivity contribution in [2.75, 3.05) is 6.61 Å². The Labute approximate surface area is 85.0 Å². The number of hydrogen-bond acceptors (Lipinski definition) is 2. The lowest BCUT2D eigenvalue weighted by molar-refractivity contribution is 0.115. The van der Waals surface area contributed by atoms with Crippen molar-refractivity contribution in [2.24, 2.45) is 0 Å². The molecule has 0 spiro atoms. The van der Waals surface area contributed by atoms with Crippen LogP contribution in [0.4, 0.5) is 13.6 Å². The number of benzene rings is 1. The Morgan fingerprint density at radius 3 is 2.93 bits per heavy atom. The fourth-order valence-corrected chi connectivity index (χ4v) is 1.55. The SMILES string of the molecule is O=C1N[C@H](c2cccc(F)c2F)CCO1. The molecule has 0 radical (unpaired) electrons. The lowest BCUT2D eigenvalue weighted by Crippen LogP contribution is -2.35. The average molecular weight is 213 g/mol. The van der Waals surface area contributed by atoms with E-state index in [1.165, 1.54) is 12.1 Å². The van der Waals surface area contributed by atoms with Gasteiger partial charge in [0.1, 0.15) is 0 Å². The third-order valence-electron chi connectivity index (χ3n) is 2.29. The molecule has 0 saturated carbocycles. The van der Waals surface area contributed by atoms with Gasteiger partial charge in [0.15, 0.2) is 11.6 Å². The molecule has 1 fully saturated rings. The summed E-state index contributed by atoms with van der Waals surface area (Å²) in [4.78, 5) is 10.9. The zero-order valence-electron chi connectivity index (χ0n) is 7.80. The number of carbonyl (C=O) groups excluding carboxylic acids is 1. The molecule has 0 aliphatic carbocycles. The Morgan fingerprint density at radius 2 is 2.20 bits per heavy atom. The van der Waals surface area contributed by atoms with Gasteiger partial charge in [-0.05, 0) is 6.07 Å². The summed E-state index contributed by atoms with van der Waals surface area (Å²) < 4.78 is 30.9. The summed E-state index contributed by atoms with van der Waals surface area (Å²) in [6.07, 6.45) is -0.165. The molecule has 1 aromatic carbocycles. The van der Waals surface area contributed by atoms with Crippen LogP contribution >= 0.6 is 0 Å². The summed E-state index contributed by atoms with van der Waals surface area (Å²) in [5.74, 6) is -1.82. The minimum atomic E-state index is -0.912. The number of cyclic esters (lactones) is 1. The van der Waals surface area contributed by atoms with Crippen LogP contribution in [0.2, 0.25) is 0 Å². The molecule has 0 unspecified atom stereocenters. The average Bonchev–Trinajstić information content (AvgIpc) is 2.22. The molecule has 1 aliphatic heterocycles. The van der Waals surface area contributed by atoms with Crippen molar-refractivity contribution in [3.8, 4) is 0 Å². The Bertz CT molecular complexity index is 395. The first-order valence-corrected chi connectivity index (χ1v) is 4.55. The number of halogens is 2. The number of carbonyl (C=O) groups is 1. The molecule has 3 nitrogen and oxygen atoms in total. The summed E-state index contributed by atoms with van der Waals surface area (Å²) in [6.45, 7) is 0.215. The Kier molecular flexibility index (Phi) is 2.53. The van der Waals surface area contributed by atoms with Gasteiger partial charge in [0.05, 0.1) is 12.6 Å². The zero-order valence-corrected chi connectivity index (χ0v) is 7.80. The molecule has 5 heteroatoms. The van der Waals surface area contributed by atoms with Crippen LogP contribution in [0.5, 0.6) is 0 Å². The molecule has 1 amide bonds. The molecule has 80 valence electrons. The summed E-state index contributed by atoms with van der Waals surface area (Å²) in [7, 11) is 0. The molecular formula is C10H9F2NO2. The first kappa shape index (κ1) is 9.89. The van der Waals surface area contributed by atoms with E-state index in [1.54, 1.807) is 0 Å². The van der Waals surface area contributed by atoms with Crippen LogP contribution in [0.1, 0.15) is 18.0 Å². The van der Waals surface area contributed by atoms with Crippen LogP contribution in [-0.2, 0) is 4.74 Å². The van der Waals surface area contributed by atoms with Crippen molar-refractivity contribution in [3.63, 3.8) is 0 Å². The van der Waals surface area contributed by atoms with E-state index in [9.17, 15) is 13.6 Å². The van der Waals surface area contributed by atoms with Crippen LogP contribution < -0.4 is 5.32 Å². The van der Waals surface area contributed by atoms with Crippen LogP contribution in [0, 0.1) is 11.6 Å². The van der Waals surface area contributed by atoms with Crippen molar-refractivity contribution < 1.29 is 18.3 Å². The van der Waals surface area contributed by atoms with Crippen LogP contribution in [0.15, 0.2) is 18.2 Å². The monoisotopic (exact) mass is 213 g/mol. The fourth-order valence-electron chi connectivity index (χ4n) is 1.55. The lowest BCUT2D eigenvalue weighted by atomic mass is 10.0. The van der Waals surface area contributed by atoms with Gasteiger partial charge >= 0.3 is 6.09 Å². The van der Waals surface area contributed by atoms with Gasteiger partial charge < -0.3 is 10.1 Å². The summed E-state index contributed by atoms with van der Waals surface area (Å²) in [5.41, 5.74) is 0.159. The van der Waals surface area contributed by atoms with Crippen molar-refractivity contribution in [1.29, 1.82) is 0 Å². The predicted molar refractivity (Wildman–Crippen MR) is 48.2 cm³/mol. The maximum absolute atomic E-state index is 13.3. The number of amides is 1. The van der Waals surface area contributed by atoms with Crippen molar-refractivity contribution in [1.82, 2.24) is 5.32 Å². The van der Waals surface area contributed by atoms with E-state index in [0.29, 0.717) is 6.42 Å². The van der Waals surface area contributed by atoms with E-state index in [-0.39, 0.29) is 12.2 Å². The van der Waals surface area contributed by atoms with E-state index in [2.05, 4.69) is 10.1 Å². The maximum Gasteiger partial charge on any atom is 0.407 e. The molecule has 1 heterocycles. The molecule has 1 N–H and O–H groups in total. The highest BCUT2D eigenvalue weighted by molar-refractivity contribution is 5.68. The van der Waals surface area contributed by atoms with Gasteiger partial charge in [-0.15, -0.1) is 0 Å². The molecule has 1 atom stereocenters. The minimum absolute atomic E-state index is 0.159. The summed E-state index contributed by atoms with van der Waals surface area (Å²) in [6, 6.07) is 3.39. The standard InChI is InChI=1S/C10H9F2NO2/c11-7-3-1-2-6(9(7)12)8-4-5-15-10(14)13-8/h1-3,8H,4-5H2,(H,13,14)/t8-/m0/s1. The zero-order chi connectivity index (χ0) is 10.8. The molecule has 1 saturated heterocycles. The molecule has 1 aliphatic rings. The van der Waals surface area contributed by atoms with Crippen molar-refractivity contribution >= 4 is 6.09 Å². The minimum Gasteiger partial charge on any atom is -0.449 e. The number of ether oxygens (including phenoxy) is 1. The van der Waals surface area contributed by atoms with Crippen LogP contribution in [0.25, 0.3) is 0 Å². The van der Waals surface area contributed by atoms with Gasteiger partial charge in [-0.25, -0.2) is 13.6 Å². The van der Waals surface area contributed by atoms with Gasteiger partial charge in [0.25, 0.3) is 0 Å². The highest BCUT2D eigenvalue weighted by atomic mass is 19.2. The fraction of sp³-hybridized carbons (Fsp3) is 0.300. The van der Waals surface area contributed by atoms with E-state index < -0.39 is 23.8 Å². The third-order valence-corrected chi connectivity index (χ3v) is 2.29. The van der Waals surface area contributed by atoms with E-state index in [0.717, 1.165) is 6.07 Å². The number of rotatable bonds is 1. The molecule has 2 rings (SSSR count). The first-order chi connectivity index (χ1) is 7.18. The molecule has 15 heavy (non-hydrogen) atoms. The number of nitrogens with one attached hydrogen (secondary N) is 1. The van der Waals surface area contributed by atoms with Gasteiger partial charge in [0, 0.05) is 12.0 Å². The topological polar surface area (TPSA) is 38.3 Å². The second kappa shape index (κ2) is 3.84. The Hall–Kier alpha value is -1.65. The summed E-state index contributed by atoms with van der Waals surface area (Å²) >= 11 is 0. The number of alkyl carbamates (subject to hydrolysis) is 1. The van der Waals surface area contributed by atoms with Gasteiger partial charge in [-0.1, -0.05) is 12.1 Å². The molecule has 0 aromatic heterocycles. The predicted octanol–water partition coefficient (Wildman–Crippen LogP) is 2.14. The number of hydrogen-bond donors (Lipinski definition) is 1. The Morgan fingerprint density at radius 1 is 1.40 bits per heavy atom.